The Bertz CT molecular complexity index is 3790. The molecule has 8 aliphatic rings. The Morgan fingerprint density at radius 3 is 1.51 bits per heavy atom. The summed E-state index contributed by atoms with van der Waals surface area (Å²) in [5.74, 6) is 0.630. The van der Waals surface area contributed by atoms with Gasteiger partial charge in [0.15, 0.2) is 0 Å². The first-order valence-electron chi connectivity index (χ1n) is 32.6. The van der Waals surface area contributed by atoms with Crippen molar-refractivity contribution in [3.05, 3.63) is 183 Å². The van der Waals surface area contributed by atoms with E-state index in [0.29, 0.717) is 74.4 Å². The molecule has 2 saturated heterocycles. The van der Waals surface area contributed by atoms with E-state index in [2.05, 4.69) is 127 Å². The first kappa shape index (κ1) is 60.4. The van der Waals surface area contributed by atoms with Gasteiger partial charge >= 0.3 is 0 Å². The van der Waals surface area contributed by atoms with Crippen LogP contribution in [0.15, 0.2) is 116 Å². The molecule has 14 rings (SSSR count). The van der Waals surface area contributed by atoms with Crippen LogP contribution in [-0.2, 0) is 62.1 Å². The van der Waals surface area contributed by atoms with Gasteiger partial charge in [0.1, 0.15) is 23.7 Å². The monoisotopic (exact) mass is 1210 g/mol. The first-order valence-corrected chi connectivity index (χ1v) is 32.6. The van der Waals surface area contributed by atoms with Gasteiger partial charge in [-0.15, -0.1) is 0 Å². The number of anilines is 2. The zero-order chi connectivity index (χ0) is 62.3. The number of hydrogen-bond donors (Lipinski definition) is 4. The first-order chi connectivity index (χ1) is 43.6. The minimum absolute atomic E-state index is 0.0158. The second-order valence-corrected chi connectivity index (χ2v) is 26.6. The number of amides is 6. The molecular weight excluding hydrogens is 1130 g/mol. The van der Waals surface area contributed by atoms with Gasteiger partial charge in [-0.2, -0.15) is 0 Å². The number of pyridine rings is 4. The summed E-state index contributed by atoms with van der Waals surface area (Å²) < 4.78 is 0. The SMILES string of the molecule is CC1C(c2ccccc2)CC2NC(=O)c3cnc4c(c3)C[C@@]3(C4)C(=O)Nc4ncc(cc43)/C=C/CN(C)CCCCCN1C2=O.CC1C(c2ccccc2)CC2NC(=O)c3cnc4c(c3)C[C@@]3(C4)C(=O)Nc4ncc(cc43)CCCN(C)CCCCCN1C2=O. The van der Waals surface area contributed by atoms with Crippen molar-refractivity contribution >= 4 is 53.2 Å². The van der Waals surface area contributed by atoms with Crippen LogP contribution >= 0.6 is 0 Å². The van der Waals surface area contributed by atoms with Crippen LogP contribution < -0.4 is 21.3 Å². The lowest BCUT2D eigenvalue weighted by Gasteiger charge is -2.43. The highest BCUT2D eigenvalue weighted by Gasteiger charge is 2.54. The molecule has 6 unspecified atom stereocenters. The molecule has 2 aromatic carbocycles. The van der Waals surface area contributed by atoms with Crippen LogP contribution in [0.1, 0.15) is 160 Å². The smallest absolute Gasteiger partial charge is 0.253 e. The van der Waals surface area contributed by atoms with Crippen LogP contribution in [0, 0.1) is 0 Å². The number of carbonyl (C=O) groups is 6. The predicted octanol–water partition coefficient (Wildman–Crippen LogP) is 8.11. The molecule has 4 aromatic heterocycles. The van der Waals surface area contributed by atoms with Gasteiger partial charge in [-0.25, -0.2) is 9.97 Å². The van der Waals surface area contributed by atoms with Gasteiger partial charge in [0.2, 0.25) is 23.6 Å². The van der Waals surface area contributed by atoms with Crippen molar-refractivity contribution in [3.8, 4) is 0 Å². The molecule has 6 amide bonds. The highest BCUT2D eigenvalue weighted by Crippen LogP contribution is 2.48. The summed E-state index contributed by atoms with van der Waals surface area (Å²) in [6.07, 6.45) is 21.9. The number of hydrogen-bond acceptors (Lipinski definition) is 12. The maximum Gasteiger partial charge on any atom is 0.253 e. The van der Waals surface area contributed by atoms with E-state index in [1.807, 2.05) is 64.5 Å². The zero-order valence-electron chi connectivity index (χ0n) is 52.2. The lowest BCUT2D eigenvalue weighted by molar-refractivity contribution is -0.140. The minimum Gasteiger partial charge on any atom is -0.340 e. The van der Waals surface area contributed by atoms with Crippen molar-refractivity contribution in [1.82, 2.24) is 50.2 Å². The van der Waals surface area contributed by atoms with Gasteiger partial charge in [0.25, 0.3) is 11.8 Å². The van der Waals surface area contributed by atoms with Gasteiger partial charge in [0, 0.05) is 104 Å². The molecule has 0 radical (unpaired) electrons. The molecule has 2 aliphatic carbocycles. The molecule has 18 heteroatoms. The molecular formula is C72H82N12O6. The normalized spacial score (nSPS) is 27.6. The Morgan fingerprint density at radius 2 is 0.978 bits per heavy atom. The molecule has 2 spiro atoms. The van der Waals surface area contributed by atoms with E-state index in [0.717, 1.165) is 122 Å². The van der Waals surface area contributed by atoms with Crippen LogP contribution in [-0.4, -0.2) is 153 Å². The standard InChI is InChI=1S/C36H42N6O3.C36H40N6O3/c2*1-23-28(25-11-5-3-6-12-25)18-30-34(44)42(23)15-8-4-7-13-41(2)14-9-10-24-16-29-32(38-21-24)40-35(45)36(29)19-26-17-27(33(43)39-30)22-37-31(26)20-36/h3,5-6,11-12,16-17,21-23,28,30H,4,7-10,13-15,18-20H2,1-2H3,(H,39,43)(H,38,40,45);3,5-6,9-12,16-17,21-23,28,30H,4,7-8,13-15,18-20H2,1-2H3,(H,39,43)(H,38,40,45)/b;10-9+/t2*23?,28?,30?,36-/m00/s1. The van der Waals surface area contributed by atoms with Crippen molar-refractivity contribution in [2.75, 3.05) is 64.0 Å². The Hall–Kier alpha value is -8.48. The third kappa shape index (κ3) is 11.8. The molecule has 8 atom stereocenters. The van der Waals surface area contributed by atoms with E-state index in [1.54, 1.807) is 18.6 Å². The predicted molar refractivity (Wildman–Crippen MR) is 345 cm³/mol. The molecule has 10 heterocycles. The number of benzene rings is 2. The number of piperidine rings is 2. The van der Waals surface area contributed by atoms with Crippen molar-refractivity contribution in [2.24, 2.45) is 0 Å². The highest BCUT2D eigenvalue weighted by atomic mass is 16.2. The maximum atomic E-state index is 13.9. The Labute approximate surface area is 527 Å². The molecule has 14 bridgehead atoms. The number of fused-ring (bicyclic) bond motifs is 8. The van der Waals surface area contributed by atoms with E-state index in [4.69, 9.17) is 0 Å². The van der Waals surface area contributed by atoms with E-state index >= 15 is 0 Å². The lowest BCUT2D eigenvalue weighted by atomic mass is 9.79. The topological polar surface area (TPSA) is 215 Å². The van der Waals surface area contributed by atoms with Gasteiger partial charge in [-0.05, 0) is 169 Å². The molecule has 18 nitrogen and oxygen atoms in total. The van der Waals surface area contributed by atoms with Crippen molar-refractivity contribution in [3.63, 3.8) is 0 Å². The quantitative estimate of drug-likeness (QED) is 0.129. The minimum atomic E-state index is -0.802. The maximum absolute atomic E-state index is 13.9. The average molecular weight is 1210 g/mol. The Balaban J connectivity index is 0.000000165. The Morgan fingerprint density at radius 1 is 0.500 bits per heavy atom. The fourth-order valence-corrected chi connectivity index (χ4v) is 15.6. The summed E-state index contributed by atoms with van der Waals surface area (Å²) in [4.78, 5) is 109. The number of likely N-dealkylation sites (N-methyl/N-ethyl adjacent to an activating group) is 1. The van der Waals surface area contributed by atoms with Crippen LogP contribution in [0.2, 0.25) is 0 Å². The fourth-order valence-electron chi connectivity index (χ4n) is 15.6. The van der Waals surface area contributed by atoms with Crippen LogP contribution in [0.4, 0.5) is 11.6 Å². The number of carbonyl (C=O) groups excluding carboxylic acids is 6. The van der Waals surface area contributed by atoms with Crippen molar-refractivity contribution in [1.29, 1.82) is 0 Å². The van der Waals surface area contributed by atoms with Gasteiger partial charge in [0.05, 0.1) is 22.0 Å². The molecule has 90 heavy (non-hydrogen) atoms. The molecule has 4 N–H and O–H groups in total. The summed E-state index contributed by atoms with van der Waals surface area (Å²) in [6.45, 7) is 9.36. The zero-order valence-corrected chi connectivity index (χ0v) is 52.2. The molecule has 6 aliphatic heterocycles. The number of aryl methyl sites for hydroxylation is 1. The summed E-state index contributed by atoms with van der Waals surface area (Å²) in [5, 5.41) is 12.2. The van der Waals surface area contributed by atoms with E-state index in [-0.39, 0.29) is 59.4 Å². The highest BCUT2D eigenvalue weighted by molar-refractivity contribution is 6.08. The van der Waals surface area contributed by atoms with Gasteiger partial charge < -0.3 is 40.9 Å². The van der Waals surface area contributed by atoms with Crippen LogP contribution in [0.25, 0.3) is 6.08 Å². The van der Waals surface area contributed by atoms with Gasteiger partial charge in [-0.3, -0.25) is 38.7 Å². The molecule has 466 valence electrons. The summed E-state index contributed by atoms with van der Waals surface area (Å²) in [5.41, 5.74) is 8.92. The number of nitrogens with one attached hydrogen (secondary N) is 4. The summed E-state index contributed by atoms with van der Waals surface area (Å²) in [7, 11) is 4.29. The molecule has 2 fully saturated rings. The van der Waals surface area contributed by atoms with Crippen LogP contribution in [0.5, 0.6) is 0 Å². The molecule has 0 saturated carbocycles. The van der Waals surface area contributed by atoms with E-state index in [9.17, 15) is 28.8 Å². The average Bonchev–Trinajstić information content (AvgIpc) is 1.57. The molecule has 6 aromatic rings. The second-order valence-electron chi connectivity index (χ2n) is 26.6. The lowest BCUT2D eigenvalue weighted by Crippen LogP contribution is -2.58. The van der Waals surface area contributed by atoms with Crippen molar-refractivity contribution < 1.29 is 28.8 Å². The number of aromatic nitrogens is 4. The van der Waals surface area contributed by atoms with Crippen LogP contribution in [0.3, 0.4) is 0 Å². The number of rotatable bonds is 2. The van der Waals surface area contributed by atoms with E-state index < -0.39 is 22.9 Å². The Kier molecular flexibility index (Phi) is 17.1. The third-order valence-electron chi connectivity index (χ3n) is 20.8. The third-order valence-corrected chi connectivity index (χ3v) is 20.8. The van der Waals surface area contributed by atoms with E-state index in [1.165, 1.54) is 11.1 Å². The number of nitrogens with zero attached hydrogens (tertiary/aromatic N) is 8. The fraction of sp³-hybridized carbons (Fsp3) is 0.444. The van der Waals surface area contributed by atoms with Gasteiger partial charge in [-0.1, -0.05) is 85.7 Å². The van der Waals surface area contributed by atoms with Crippen molar-refractivity contribution in [2.45, 2.75) is 151 Å². The second kappa shape index (κ2) is 25.4. The summed E-state index contributed by atoms with van der Waals surface area (Å²) in [6, 6.07) is 27.3. The summed E-state index contributed by atoms with van der Waals surface area (Å²) >= 11 is 0. The largest absolute Gasteiger partial charge is 0.340 e.